The number of carbonyl (C=O) groups is 2. The molecule has 1 heterocycles. The zero-order valence-corrected chi connectivity index (χ0v) is 13.0. The summed E-state index contributed by atoms with van der Waals surface area (Å²) in [5.41, 5.74) is 0.291. The van der Waals surface area contributed by atoms with Crippen LogP contribution in [0, 0.1) is 5.41 Å². The van der Waals surface area contributed by atoms with Gasteiger partial charge in [-0.25, -0.2) is 0 Å². The minimum Gasteiger partial charge on any atom is -0.481 e. The van der Waals surface area contributed by atoms with Crippen LogP contribution in [0.4, 0.5) is 0 Å². The lowest BCUT2D eigenvalue weighted by atomic mass is 9.80. The molecule has 0 spiro atoms. The first-order chi connectivity index (χ1) is 9.40. The van der Waals surface area contributed by atoms with Gasteiger partial charge in [-0.1, -0.05) is 28.1 Å². The summed E-state index contributed by atoms with van der Waals surface area (Å²) in [4.78, 5) is 25.1. The van der Waals surface area contributed by atoms with E-state index in [-0.39, 0.29) is 5.91 Å². The van der Waals surface area contributed by atoms with Gasteiger partial charge in [0, 0.05) is 17.6 Å². The molecule has 5 heteroatoms. The van der Waals surface area contributed by atoms with Gasteiger partial charge in [-0.2, -0.15) is 0 Å². The molecule has 1 N–H and O–H groups in total. The van der Waals surface area contributed by atoms with E-state index in [9.17, 15) is 14.7 Å². The Labute approximate surface area is 126 Å². The van der Waals surface area contributed by atoms with E-state index < -0.39 is 11.4 Å². The first kappa shape index (κ1) is 15.0. The number of amides is 1. The lowest BCUT2D eigenvalue weighted by Crippen LogP contribution is -2.45. The average Bonchev–Trinajstić information content (AvgIpc) is 2.42. The van der Waals surface area contributed by atoms with Gasteiger partial charge in [0.25, 0.3) is 0 Å². The summed E-state index contributed by atoms with van der Waals surface area (Å²) in [6.45, 7) is 2.81. The maximum absolute atomic E-state index is 12.2. The molecule has 1 aliphatic rings. The number of carbonyl (C=O) groups excluding carboxylic acids is 1. The molecule has 1 saturated heterocycles. The Kier molecular flexibility index (Phi) is 4.48. The summed E-state index contributed by atoms with van der Waals surface area (Å²) in [6.07, 6.45) is 1.42. The fourth-order valence-electron chi connectivity index (χ4n) is 2.35. The van der Waals surface area contributed by atoms with E-state index in [1.165, 1.54) is 0 Å². The fraction of sp³-hybridized carbons (Fsp3) is 0.467. The van der Waals surface area contributed by atoms with E-state index in [1.807, 2.05) is 24.3 Å². The van der Waals surface area contributed by atoms with Crippen molar-refractivity contribution in [3.05, 3.63) is 34.3 Å². The minimum absolute atomic E-state index is 0.0692. The van der Waals surface area contributed by atoms with Gasteiger partial charge in [0.1, 0.15) is 0 Å². The molecule has 20 heavy (non-hydrogen) atoms. The maximum atomic E-state index is 12.2. The summed E-state index contributed by atoms with van der Waals surface area (Å²) in [6, 6.07) is 7.68. The first-order valence-corrected chi connectivity index (χ1v) is 7.46. The molecule has 0 atom stereocenters. The molecule has 1 aromatic rings. The molecule has 1 aliphatic heterocycles. The van der Waals surface area contributed by atoms with E-state index in [2.05, 4.69) is 15.9 Å². The fourth-order valence-corrected chi connectivity index (χ4v) is 2.62. The number of nitrogens with zero attached hydrogens (tertiary/aromatic N) is 1. The maximum Gasteiger partial charge on any atom is 0.309 e. The lowest BCUT2D eigenvalue weighted by molar-refractivity contribution is -0.152. The molecular formula is C15H18BrNO3. The molecule has 0 bridgehead atoms. The lowest BCUT2D eigenvalue weighted by Gasteiger charge is -2.36. The van der Waals surface area contributed by atoms with E-state index in [4.69, 9.17) is 0 Å². The molecule has 1 fully saturated rings. The SMILES string of the molecule is CC1(C(=O)O)CCN(C(=O)Cc2ccc(Br)cc2)CC1. The van der Waals surface area contributed by atoms with E-state index in [0.29, 0.717) is 32.4 Å². The van der Waals surface area contributed by atoms with Crippen LogP contribution < -0.4 is 0 Å². The number of rotatable bonds is 3. The predicted molar refractivity (Wildman–Crippen MR) is 79.4 cm³/mol. The largest absolute Gasteiger partial charge is 0.481 e. The van der Waals surface area contributed by atoms with E-state index in [1.54, 1.807) is 11.8 Å². The Balaban J connectivity index is 1.92. The molecule has 0 saturated carbocycles. The second-order valence-electron chi connectivity index (χ2n) is 5.55. The molecule has 108 valence electrons. The number of aliphatic carboxylic acids is 1. The molecule has 2 rings (SSSR count). The van der Waals surface area contributed by atoms with Crippen molar-refractivity contribution in [1.82, 2.24) is 4.90 Å². The monoisotopic (exact) mass is 339 g/mol. The summed E-state index contributed by atoms with van der Waals surface area (Å²) < 4.78 is 0.990. The number of likely N-dealkylation sites (tertiary alicyclic amines) is 1. The Morgan fingerprint density at radius 2 is 1.80 bits per heavy atom. The Bertz CT molecular complexity index is 504. The van der Waals surface area contributed by atoms with Gasteiger partial charge >= 0.3 is 5.97 Å². The van der Waals surface area contributed by atoms with Crippen LogP contribution in [0.25, 0.3) is 0 Å². The summed E-state index contributed by atoms with van der Waals surface area (Å²) in [5, 5.41) is 9.18. The average molecular weight is 340 g/mol. The van der Waals surface area contributed by atoms with Crippen LogP contribution >= 0.6 is 15.9 Å². The number of carboxylic acid groups (broad SMARTS) is 1. The van der Waals surface area contributed by atoms with E-state index >= 15 is 0 Å². The third kappa shape index (κ3) is 3.39. The first-order valence-electron chi connectivity index (χ1n) is 6.66. The Morgan fingerprint density at radius 1 is 1.25 bits per heavy atom. The Hall–Kier alpha value is -1.36. The highest BCUT2D eigenvalue weighted by Crippen LogP contribution is 2.31. The van der Waals surface area contributed by atoms with Crippen molar-refractivity contribution in [3.63, 3.8) is 0 Å². The van der Waals surface area contributed by atoms with Crippen molar-refractivity contribution in [3.8, 4) is 0 Å². The van der Waals surface area contributed by atoms with Gasteiger partial charge in [0.05, 0.1) is 11.8 Å². The van der Waals surface area contributed by atoms with Gasteiger partial charge in [-0.15, -0.1) is 0 Å². The molecule has 0 radical (unpaired) electrons. The van der Waals surface area contributed by atoms with E-state index in [0.717, 1.165) is 10.0 Å². The van der Waals surface area contributed by atoms with Crippen molar-refractivity contribution in [1.29, 1.82) is 0 Å². The zero-order chi connectivity index (χ0) is 14.8. The smallest absolute Gasteiger partial charge is 0.309 e. The number of hydrogen-bond acceptors (Lipinski definition) is 2. The standard InChI is InChI=1S/C15H18BrNO3/c1-15(14(19)20)6-8-17(9-7-15)13(18)10-11-2-4-12(16)5-3-11/h2-5H,6-10H2,1H3,(H,19,20). The number of piperidine rings is 1. The topological polar surface area (TPSA) is 57.6 Å². The van der Waals surface area contributed by atoms with Gasteiger partial charge in [-0.3, -0.25) is 9.59 Å². The quantitative estimate of drug-likeness (QED) is 0.920. The number of hydrogen-bond donors (Lipinski definition) is 1. The van der Waals surface area contributed by atoms with Crippen molar-refractivity contribution >= 4 is 27.8 Å². The minimum atomic E-state index is -0.766. The van der Waals surface area contributed by atoms with Crippen LogP contribution in [0.1, 0.15) is 25.3 Å². The molecule has 0 aromatic heterocycles. The van der Waals surface area contributed by atoms with Gasteiger partial charge in [-0.05, 0) is 37.5 Å². The van der Waals surface area contributed by atoms with Gasteiger partial charge in [0.15, 0.2) is 0 Å². The normalized spacial score (nSPS) is 17.8. The zero-order valence-electron chi connectivity index (χ0n) is 11.4. The summed E-state index contributed by atoms with van der Waals surface area (Å²) in [7, 11) is 0. The van der Waals surface area contributed by atoms with Crippen molar-refractivity contribution in [2.75, 3.05) is 13.1 Å². The second-order valence-corrected chi connectivity index (χ2v) is 6.47. The number of halogens is 1. The van der Waals surface area contributed by atoms with Crippen molar-refractivity contribution in [2.24, 2.45) is 5.41 Å². The third-order valence-corrected chi connectivity index (χ3v) is 4.53. The molecule has 1 amide bonds. The number of carboxylic acids is 1. The van der Waals surface area contributed by atoms with Crippen LogP contribution in [0.3, 0.4) is 0 Å². The predicted octanol–water partition coefficient (Wildman–Crippen LogP) is 2.70. The molecule has 0 aliphatic carbocycles. The summed E-state index contributed by atoms with van der Waals surface area (Å²) >= 11 is 3.36. The molecule has 0 unspecified atom stereocenters. The Morgan fingerprint density at radius 3 is 2.30 bits per heavy atom. The van der Waals surface area contributed by atoms with Crippen LogP contribution in [0.15, 0.2) is 28.7 Å². The van der Waals surface area contributed by atoms with Crippen LogP contribution in [-0.2, 0) is 16.0 Å². The van der Waals surface area contributed by atoms with Gasteiger partial charge in [0.2, 0.25) is 5.91 Å². The highest BCUT2D eigenvalue weighted by atomic mass is 79.9. The van der Waals surface area contributed by atoms with Crippen LogP contribution in [-0.4, -0.2) is 35.0 Å². The highest BCUT2D eigenvalue weighted by molar-refractivity contribution is 9.10. The van der Waals surface area contributed by atoms with Gasteiger partial charge < -0.3 is 10.0 Å². The highest BCUT2D eigenvalue weighted by Gasteiger charge is 2.37. The van der Waals surface area contributed by atoms with Crippen molar-refractivity contribution in [2.45, 2.75) is 26.2 Å². The van der Waals surface area contributed by atoms with Crippen molar-refractivity contribution < 1.29 is 14.7 Å². The van der Waals surface area contributed by atoms with Crippen LogP contribution in [0.5, 0.6) is 0 Å². The summed E-state index contributed by atoms with van der Waals surface area (Å²) in [5.74, 6) is -0.697. The third-order valence-electron chi connectivity index (χ3n) is 4.00. The second kappa shape index (κ2) is 5.95. The number of benzene rings is 1. The molecule has 4 nitrogen and oxygen atoms in total. The van der Waals surface area contributed by atoms with Crippen LogP contribution in [0.2, 0.25) is 0 Å². The molecule has 1 aromatic carbocycles. The molecular weight excluding hydrogens is 322 g/mol.